The minimum absolute atomic E-state index is 0.0305. The number of halogens is 3. The van der Waals surface area contributed by atoms with E-state index in [-0.39, 0.29) is 23.6 Å². The molecule has 0 radical (unpaired) electrons. The summed E-state index contributed by atoms with van der Waals surface area (Å²) in [7, 11) is 0. The van der Waals surface area contributed by atoms with E-state index in [1.54, 1.807) is 38.1 Å². The summed E-state index contributed by atoms with van der Waals surface area (Å²) < 4.78 is 55.4. The minimum atomic E-state index is -1.76. The van der Waals surface area contributed by atoms with Crippen LogP contribution in [0.15, 0.2) is 55.1 Å². The topological polar surface area (TPSA) is 93.2 Å². The predicted molar refractivity (Wildman–Crippen MR) is 128 cm³/mol. The summed E-state index contributed by atoms with van der Waals surface area (Å²) in [6.45, 7) is 4.14. The third kappa shape index (κ3) is 5.91. The van der Waals surface area contributed by atoms with E-state index in [9.17, 15) is 18.3 Å². The van der Waals surface area contributed by atoms with Gasteiger partial charge in [0.05, 0.1) is 25.3 Å². The van der Waals surface area contributed by atoms with Crippen LogP contribution in [0.5, 0.6) is 0 Å². The first-order valence-corrected chi connectivity index (χ1v) is 11.7. The van der Waals surface area contributed by atoms with Gasteiger partial charge in [-0.2, -0.15) is 10.4 Å². The molecule has 1 N–H and O–H groups in total. The second-order valence-electron chi connectivity index (χ2n) is 9.78. The van der Waals surface area contributed by atoms with Gasteiger partial charge in [-0.05, 0) is 36.3 Å². The number of aromatic nitrogens is 3. The maximum Gasteiger partial charge on any atom is 0.177 e. The molecule has 3 aromatic rings. The van der Waals surface area contributed by atoms with Crippen molar-refractivity contribution in [2.45, 2.75) is 38.7 Å². The van der Waals surface area contributed by atoms with Crippen molar-refractivity contribution in [3.8, 4) is 6.07 Å². The van der Waals surface area contributed by atoms with Crippen molar-refractivity contribution in [3.05, 3.63) is 89.3 Å². The van der Waals surface area contributed by atoms with Crippen molar-refractivity contribution in [1.82, 2.24) is 14.8 Å². The Morgan fingerprint density at radius 1 is 1.14 bits per heavy atom. The van der Waals surface area contributed by atoms with Crippen molar-refractivity contribution >= 4 is 6.08 Å². The van der Waals surface area contributed by atoms with Crippen LogP contribution in [-0.4, -0.2) is 39.4 Å². The van der Waals surface area contributed by atoms with Crippen LogP contribution in [0.1, 0.15) is 37.0 Å². The molecule has 1 fully saturated rings. The lowest BCUT2D eigenvalue weighted by Crippen LogP contribution is -2.48. The molecule has 0 amide bonds. The predicted octanol–water partition coefficient (Wildman–Crippen LogP) is 4.57. The van der Waals surface area contributed by atoms with E-state index in [4.69, 9.17) is 14.7 Å². The van der Waals surface area contributed by atoms with Crippen LogP contribution in [0.4, 0.5) is 13.2 Å². The molecule has 1 aliphatic heterocycles. The Morgan fingerprint density at radius 3 is 2.51 bits per heavy atom. The van der Waals surface area contributed by atoms with Crippen LogP contribution < -0.4 is 0 Å². The van der Waals surface area contributed by atoms with Gasteiger partial charge in [0.25, 0.3) is 0 Å². The van der Waals surface area contributed by atoms with Crippen molar-refractivity contribution in [2.75, 3.05) is 13.2 Å². The number of nitriles is 1. The number of rotatable bonds is 8. The van der Waals surface area contributed by atoms with E-state index in [1.807, 2.05) is 0 Å². The maximum atomic E-state index is 14.9. The standard InChI is InChI=1S/C27H27F3N4O3/c1-26(2,27(35,15-34-17-32-16-33-34)22-7-6-21(28)10-24(22)30)11-19-13-36-25(37-14-19)8-4-18-3-5-20(12-31)23(29)9-18/h3-10,16-17,19,25,35H,11,13-15H2,1-2H3/b8-4+/t19?,25?,27-/m0/s1. The lowest BCUT2D eigenvalue weighted by molar-refractivity contribution is -0.188. The average molecular weight is 513 g/mol. The molecule has 0 saturated carbocycles. The van der Waals surface area contributed by atoms with Crippen LogP contribution >= 0.6 is 0 Å². The quantitative estimate of drug-likeness (QED) is 0.475. The molecule has 0 aliphatic carbocycles. The van der Waals surface area contributed by atoms with Gasteiger partial charge in [0.1, 0.15) is 41.8 Å². The summed E-state index contributed by atoms with van der Waals surface area (Å²) in [5, 5.41) is 24.8. The maximum absolute atomic E-state index is 14.9. The minimum Gasteiger partial charge on any atom is -0.383 e. The molecular weight excluding hydrogens is 485 g/mol. The van der Waals surface area contributed by atoms with Gasteiger partial charge in [-0.25, -0.2) is 22.8 Å². The highest BCUT2D eigenvalue weighted by Crippen LogP contribution is 2.46. The normalized spacial score (nSPS) is 20.0. The molecule has 10 heteroatoms. The molecule has 1 atom stereocenters. The summed E-state index contributed by atoms with van der Waals surface area (Å²) in [6, 6.07) is 9.18. The number of ether oxygens (including phenoxy) is 2. The van der Waals surface area contributed by atoms with Crippen molar-refractivity contribution in [2.24, 2.45) is 11.3 Å². The molecule has 7 nitrogen and oxygen atoms in total. The van der Waals surface area contributed by atoms with Gasteiger partial charge >= 0.3 is 0 Å². The fourth-order valence-corrected chi connectivity index (χ4v) is 4.63. The molecule has 1 aromatic heterocycles. The molecule has 37 heavy (non-hydrogen) atoms. The molecule has 194 valence electrons. The summed E-state index contributed by atoms with van der Waals surface area (Å²) in [5.41, 5.74) is -2.18. The first-order chi connectivity index (χ1) is 17.6. The number of benzene rings is 2. The molecule has 2 heterocycles. The molecule has 4 rings (SSSR count). The molecule has 2 aromatic carbocycles. The monoisotopic (exact) mass is 512 g/mol. The highest BCUT2D eigenvalue weighted by atomic mass is 19.1. The lowest BCUT2D eigenvalue weighted by atomic mass is 9.66. The molecule has 0 unspecified atom stereocenters. The van der Waals surface area contributed by atoms with E-state index in [0.29, 0.717) is 25.2 Å². The van der Waals surface area contributed by atoms with E-state index in [1.165, 1.54) is 35.5 Å². The Hall–Kier alpha value is -3.52. The average Bonchev–Trinajstić information content (AvgIpc) is 3.36. The van der Waals surface area contributed by atoms with E-state index >= 15 is 0 Å². The fourth-order valence-electron chi connectivity index (χ4n) is 4.63. The molecule has 1 saturated heterocycles. The first kappa shape index (κ1) is 26.5. The first-order valence-electron chi connectivity index (χ1n) is 11.7. The van der Waals surface area contributed by atoms with Gasteiger partial charge in [0, 0.05) is 23.0 Å². The Bertz CT molecular complexity index is 1300. The Kier molecular flexibility index (Phi) is 7.78. The molecule has 0 spiro atoms. The molecular formula is C27H27F3N4O3. The summed E-state index contributed by atoms with van der Waals surface area (Å²) >= 11 is 0. The second-order valence-corrected chi connectivity index (χ2v) is 9.78. The number of aliphatic hydroxyl groups is 1. The van der Waals surface area contributed by atoms with E-state index in [0.717, 1.165) is 12.1 Å². The van der Waals surface area contributed by atoms with E-state index in [2.05, 4.69) is 10.1 Å². The van der Waals surface area contributed by atoms with Gasteiger partial charge < -0.3 is 14.6 Å². The van der Waals surface area contributed by atoms with Crippen LogP contribution in [-0.2, 0) is 21.6 Å². The van der Waals surface area contributed by atoms with Gasteiger partial charge in [-0.3, -0.25) is 0 Å². The second kappa shape index (κ2) is 10.8. The third-order valence-electron chi connectivity index (χ3n) is 6.70. The fraction of sp³-hybridized carbons (Fsp3) is 0.370. The van der Waals surface area contributed by atoms with Crippen molar-refractivity contribution in [1.29, 1.82) is 5.26 Å². The van der Waals surface area contributed by atoms with Crippen LogP contribution in [0.3, 0.4) is 0 Å². The van der Waals surface area contributed by atoms with Gasteiger partial charge in [0.2, 0.25) is 0 Å². The SMILES string of the molecule is CC(C)(CC1COC(/C=C/c2ccc(C#N)c(F)c2)OC1)[C@](O)(Cn1cncn1)c1ccc(F)cc1F. The van der Waals surface area contributed by atoms with Crippen LogP contribution in [0.2, 0.25) is 0 Å². The highest BCUT2D eigenvalue weighted by molar-refractivity contribution is 5.51. The zero-order valence-electron chi connectivity index (χ0n) is 20.4. The van der Waals surface area contributed by atoms with Gasteiger partial charge in [-0.15, -0.1) is 0 Å². The molecule has 0 bridgehead atoms. The van der Waals surface area contributed by atoms with Crippen LogP contribution in [0, 0.1) is 40.1 Å². The van der Waals surface area contributed by atoms with E-state index < -0.39 is 34.8 Å². The highest BCUT2D eigenvalue weighted by Gasteiger charge is 2.48. The molecule has 1 aliphatic rings. The van der Waals surface area contributed by atoms with Gasteiger partial charge in [-0.1, -0.05) is 32.1 Å². The van der Waals surface area contributed by atoms with Crippen molar-refractivity contribution < 1.29 is 27.8 Å². The zero-order valence-corrected chi connectivity index (χ0v) is 20.4. The zero-order chi connectivity index (χ0) is 26.6. The van der Waals surface area contributed by atoms with Crippen molar-refractivity contribution in [3.63, 3.8) is 0 Å². The number of nitrogens with zero attached hydrogens (tertiary/aromatic N) is 4. The summed E-state index contributed by atoms with van der Waals surface area (Å²) in [6.07, 6.45) is 5.78. The lowest BCUT2D eigenvalue weighted by Gasteiger charge is -2.45. The smallest absolute Gasteiger partial charge is 0.177 e. The Morgan fingerprint density at radius 2 is 1.89 bits per heavy atom. The van der Waals surface area contributed by atoms with Gasteiger partial charge in [0.15, 0.2) is 6.29 Å². The Balaban J connectivity index is 1.45. The summed E-state index contributed by atoms with van der Waals surface area (Å²) in [4.78, 5) is 3.90. The van der Waals surface area contributed by atoms with Crippen LogP contribution in [0.25, 0.3) is 6.08 Å². The Labute approximate surface area is 212 Å². The number of hydrogen-bond donors (Lipinski definition) is 1. The third-order valence-corrected chi connectivity index (χ3v) is 6.70. The number of hydrogen-bond acceptors (Lipinski definition) is 6. The summed E-state index contributed by atoms with van der Waals surface area (Å²) in [5.74, 6) is -2.32. The largest absolute Gasteiger partial charge is 0.383 e.